The Morgan fingerprint density at radius 1 is 1.06 bits per heavy atom. The molecule has 1 fully saturated rings. The SMILES string of the molecule is C=Cc1ccc(CN2CCCCC2)cc1.Cl. The third-order valence-corrected chi connectivity index (χ3v) is 3.07. The molecule has 0 saturated carbocycles. The summed E-state index contributed by atoms with van der Waals surface area (Å²) in [6.07, 6.45) is 6.03. The van der Waals surface area contributed by atoms with E-state index >= 15 is 0 Å². The van der Waals surface area contributed by atoms with Gasteiger partial charge in [-0.2, -0.15) is 0 Å². The average molecular weight is 238 g/mol. The van der Waals surface area contributed by atoms with Gasteiger partial charge in [-0.05, 0) is 37.1 Å². The molecule has 0 aromatic heterocycles. The van der Waals surface area contributed by atoms with Crippen LogP contribution in [-0.4, -0.2) is 18.0 Å². The number of halogens is 1. The van der Waals surface area contributed by atoms with E-state index in [1.165, 1.54) is 43.5 Å². The molecular weight excluding hydrogens is 218 g/mol. The fourth-order valence-electron chi connectivity index (χ4n) is 2.13. The Kier molecular flexibility index (Phi) is 5.58. The topological polar surface area (TPSA) is 3.24 Å². The average Bonchev–Trinajstić information content (AvgIpc) is 2.31. The number of benzene rings is 1. The van der Waals surface area contributed by atoms with Gasteiger partial charge in [-0.25, -0.2) is 0 Å². The molecule has 1 aromatic carbocycles. The first-order valence-corrected chi connectivity index (χ1v) is 5.82. The predicted molar refractivity (Wildman–Crippen MR) is 72.9 cm³/mol. The summed E-state index contributed by atoms with van der Waals surface area (Å²) in [4.78, 5) is 2.55. The lowest BCUT2D eigenvalue weighted by Gasteiger charge is -2.26. The second-order valence-electron chi connectivity index (χ2n) is 4.28. The van der Waals surface area contributed by atoms with Crippen molar-refractivity contribution < 1.29 is 0 Å². The van der Waals surface area contributed by atoms with Gasteiger partial charge in [0.15, 0.2) is 0 Å². The molecule has 0 unspecified atom stereocenters. The van der Waals surface area contributed by atoms with Crippen molar-refractivity contribution in [2.45, 2.75) is 25.8 Å². The van der Waals surface area contributed by atoms with Crippen LogP contribution in [0.5, 0.6) is 0 Å². The molecule has 1 heterocycles. The Morgan fingerprint density at radius 2 is 1.69 bits per heavy atom. The Morgan fingerprint density at radius 3 is 2.25 bits per heavy atom. The smallest absolute Gasteiger partial charge is 0.0233 e. The highest BCUT2D eigenvalue weighted by molar-refractivity contribution is 5.85. The Labute approximate surface area is 105 Å². The normalized spacial score (nSPS) is 16.5. The second kappa shape index (κ2) is 6.72. The van der Waals surface area contributed by atoms with Gasteiger partial charge in [0.25, 0.3) is 0 Å². The highest BCUT2D eigenvalue weighted by Crippen LogP contribution is 2.13. The van der Waals surface area contributed by atoms with E-state index in [-0.39, 0.29) is 12.4 Å². The maximum atomic E-state index is 3.77. The van der Waals surface area contributed by atoms with Crippen molar-refractivity contribution in [1.29, 1.82) is 0 Å². The molecule has 0 amide bonds. The summed E-state index contributed by atoms with van der Waals surface area (Å²) in [6.45, 7) is 7.41. The minimum absolute atomic E-state index is 0. The van der Waals surface area contributed by atoms with Crippen molar-refractivity contribution in [3.63, 3.8) is 0 Å². The minimum Gasteiger partial charge on any atom is -0.299 e. The lowest BCUT2D eigenvalue weighted by atomic mass is 10.1. The van der Waals surface area contributed by atoms with Crippen LogP contribution in [0.1, 0.15) is 30.4 Å². The van der Waals surface area contributed by atoms with Crippen molar-refractivity contribution in [1.82, 2.24) is 4.90 Å². The molecule has 0 radical (unpaired) electrons. The van der Waals surface area contributed by atoms with Crippen LogP contribution in [0, 0.1) is 0 Å². The minimum atomic E-state index is 0. The molecule has 1 aromatic rings. The van der Waals surface area contributed by atoms with Gasteiger partial charge in [0, 0.05) is 6.54 Å². The van der Waals surface area contributed by atoms with E-state index in [4.69, 9.17) is 0 Å². The Bertz CT molecular complexity index is 312. The zero-order chi connectivity index (χ0) is 10.5. The van der Waals surface area contributed by atoms with E-state index in [1.54, 1.807) is 0 Å². The molecule has 0 aliphatic carbocycles. The first-order valence-electron chi connectivity index (χ1n) is 5.82. The molecule has 0 N–H and O–H groups in total. The molecule has 2 rings (SSSR count). The summed E-state index contributed by atoms with van der Waals surface area (Å²) in [6, 6.07) is 8.72. The van der Waals surface area contributed by atoms with E-state index in [0.29, 0.717) is 0 Å². The zero-order valence-electron chi connectivity index (χ0n) is 9.69. The van der Waals surface area contributed by atoms with Gasteiger partial charge < -0.3 is 0 Å². The Balaban J connectivity index is 0.00000128. The second-order valence-corrected chi connectivity index (χ2v) is 4.28. The molecule has 0 bridgehead atoms. The van der Waals surface area contributed by atoms with E-state index in [1.807, 2.05) is 6.08 Å². The van der Waals surface area contributed by atoms with Gasteiger partial charge in [0.05, 0.1) is 0 Å². The monoisotopic (exact) mass is 237 g/mol. The van der Waals surface area contributed by atoms with Gasteiger partial charge in [0.2, 0.25) is 0 Å². The number of nitrogens with zero attached hydrogens (tertiary/aromatic N) is 1. The van der Waals surface area contributed by atoms with E-state index in [9.17, 15) is 0 Å². The van der Waals surface area contributed by atoms with Gasteiger partial charge in [0.1, 0.15) is 0 Å². The standard InChI is InChI=1S/C14H19N.ClH/c1-2-13-6-8-14(9-7-13)12-15-10-4-3-5-11-15;/h2,6-9H,1,3-5,10-12H2;1H. The molecule has 0 spiro atoms. The van der Waals surface area contributed by atoms with Gasteiger partial charge in [-0.15, -0.1) is 12.4 Å². The molecule has 1 nitrogen and oxygen atoms in total. The molecule has 2 heteroatoms. The van der Waals surface area contributed by atoms with Crippen LogP contribution in [-0.2, 0) is 6.54 Å². The summed E-state index contributed by atoms with van der Waals surface area (Å²) in [5, 5.41) is 0. The third kappa shape index (κ3) is 3.66. The highest BCUT2D eigenvalue weighted by atomic mass is 35.5. The Hall–Kier alpha value is -0.790. The molecule has 88 valence electrons. The fourth-order valence-corrected chi connectivity index (χ4v) is 2.13. The predicted octanol–water partition coefficient (Wildman–Crippen LogP) is 3.74. The molecule has 1 aliphatic rings. The molecule has 1 saturated heterocycles. The zero-order valence-corrected chi connectivity index (χ0v) is 10.5. The van der Waals surface area contributed by atoms with Crippen LogP contribution < -0.4 is 0 Å². The number of hydrogen-bond donors (Lipinski definition) is 0. The summed E-state index contributed by atoms with van der Waals surface area (Å²) in [5.74, 6) is 0. The van der Waals surface area contributed by atoms with E-state index in [0.717, 1.165) is 6.54 Å². The summed E-state index contributed by atoms with van der Waals surface area (Å²) >= 11 is 0. The van der Waals surface area contributed by atoms with Crippen molar-refractivity contribution >= 4 is 18.5 Å². The summed E-state index contributed by atoms with van der Waals surface area (Å²) < 4.78 is 0. The fraction of sp³-hybridized carbons (Fsp3) is 0.429. The van der Waals surface area contributed by atoms with Crippen LogP contribution in [0.3, 0.4) is 0 Å². The van der Waals surface area contributed by atoms with Gasteiger partial charge in [-0.1, -0.05) is 43.3 Å². The number of rotatable bonds is 3. The third-order valence-electron chi connectivity index (χ3n) is 3.07. The first kappa shape index (κ1) is 13.3. The molecular formula is C14H20ClN. The van der Waals surface area contributed by atoms with Crippen molar-refractivity contribution in [2.24, 2.45) is 0 Å². The van der Waals surface area contributed by atoms with Crippen LogP contribution >= 0.6 is 12.4 Å². The number of hydrogen-bond acceptors (Lipinski definition) is 1. The van der Waals surface area contributed by atoms with Crippen LogP contribution in [0.4, 0.5) is 0 Å². The van der Waals surface area contributed by atoms with Crippen LogP contribution in [0.15, 0.2) is 30.8 Å². The van der Waals surface area contributed by atoms with Gasteiger partial charge >= 0.3 is 0 Å². The number of likely N-dealkylation sites (tertiary alicyclic amines) is 1. The number of piperidine rings is 1. The lowest BCUT2D eigenvalue weighted by Crippen LogP contribution is -2.28. The van der Waals surface area contributed by atoms with E-state index in [2.05, 4.69) is 35.7 Å². The highest BCUT2D eigenvalue weighted by Gasteiger charge is 2.09. The van der Waals surface area contributed by atoms with Crippen molar-refractivity contribution in [2.75, 3.05) is 13.1 Å². The van der Waals surface area contributed by atoms with Crippen molar-refractivity contribution in [3.05, 3.63) is 42.0 Å². The van der Waals surface area contributed by atoms with Gasteiger partial charge in [-0.3, -0.25) is 4.90 Å². The molecule has 16 heavy (non-hydrogen) atoms. The molecule has 1 aliphatic heterocycles. The first-order chi connectivity index (χ1) is 7.38. The van der Waals surface area contributed by atoms with Crippen molar-refractivity contribution in [3.8, 4) is 0 Å². The van der Waals surface area contributed by atoms with Crippen LogP contribution in [0.25, 0.3) is 6.08 Å². The van der Waals surface area contributed by atoms with E-state index < -0.39 is 0 Å². The maximum absolute atomic E-state index is 3.77. The summed E-state index contributed by atoms with van der Waals surface area (Å²) in [5.41, 5.74) is 2.62. The quantitative estimate of drug-likeness (QED) is 0.774. The largest absolute Gasteiger partial charge is 0.299 e. The maximum Gasteiger partial charge on any atom is 0.0233 e. The lowest BCUT2D eigenvalue weighted by molar-refractivity contribution is 0.221. The van der Waals surface area contributed by atoms with Crippen LogP contribution in [0.2, 0.25) is 0 Å². The summed E-state index contributed by atoms with van der Waals surface area (Å²) in [7, 11) is 0. The molecule has 0 atom stereocenters.